The summed E-state index contributed by atoms with van der Waals surface area (Å²) in [5, 5.41) is 22.1. The molecular formula is C13H10N2O4. The molecule has 0 atom stereocenters. The monoisotopic (exact) mass is 258 g/mol. The molecule has 2 aromatic rings. The number of para-hydroxylation sites is 1. The summed E-state index contributed by atoms with van der Waals surface area (Å²) in [6.45, 7) is 1.69. The Morgan fingerprint density at radius 1 is 0.842 bits per heavy atom. The van der Waals surface area contributed by atoms with Gasteiger partial charge in [0.25, 0.3) is 11.4 Å². The molecule has 0 fully saturated rings. The third-order valence-corrected chi connectivity index (χ3v) is 2.82. The largest absolute Gasteiger partial charge is 0.277 e. The van der Waals surface area contributed by atoms with Crippen molar-refractivity contribution in [2.75, 3.05) is 0 Å². The smallest absolute Gasteiger partial charge is 0.258 e. The summed E-state index contributed by atoms with van der Waals surface area (Å²) in [5.74, 6) is 0. The van der Waals surface area contributed by atoms with Crippen LogP contribution in [0.2, 0.25) is 0 Å². The van der Waals surface area contributed by atoms with Gasteiger partial charge < -0.3 is 0 Å². The molecular weight excluding hydrogens is 248 g/mol. The van der Waals surface area contributed by atoms with Crippen LogP contribution in [0.15, 0.2) is 42.5 Å². The maximum Gasteiger partial charge on any atom is 0.277 e. The number of benzene rings is 2. The van der Waals surface area contributed by atoms with E-state index in [1.54, 1.807) is 25.1 Å². The van der Waals surface area contributed by atoms with Crippen LogP contribution < -0.4 is 0 Å². The Balaban J connectivity index is 2.79. The molecule has 0 aliphatic heterocycles. The van der Waals surface area contributed by atoms with Crippen LogP contribution in [-0.2, 0) is 0 Å². The van der Waals surface area contributed by atoms with Crippen LogP contribution in [0, 0.1) is 27.2 Å². The summed E-state index contributed by atoms with van der Waals surface area (Å²) in [5.41, 5.74) is 0.912. The van der Waals surface area contributed by atoms with Crippen molar-refractivity contribution in [2.24, 2.45) is 0 Å². The van der Waals surface area contributed by atoms with Crippen LogP contribution in [0.1, 0.15) is 5.56 Å². The fourth-order valence-corrected chi connectivity index (χ4v) is 2.00. The molecule has 19 heavy (non-hydrogen) atoms. The molecule has 96 valence electrons. The summed E-state index contributed by atoms with van der Waals surface area (Å²) < 4.78 is 0. The topological polar surface area (TPSA) is 86.3 Å². The van der Waals surface area contributed by atoms with Crippen molar-refractivity contribution in [3.05, 3.63) is 68.3 Å². The first-order valence-electron chi connectivity index (χ1n) is 5.50. The molecule has 0 bridgehead atoms. The Morgan fingerprint density at radius 2 is 1.42 bits per heavy atom. The lowest BCUT2D eigenvalue weighted by Gasteiger charge is -2.07. The normalized spacial score (nSPS) is 10.2. The first-order valence-corrected chi connectivity index (χ1v) is 5.50. The summed E-state index contributed by atoms with van der Waals surface area (Å²) >= 11 is 0. The van der Waals surface area contributed by atoms with Crippen LogP contribution >= 0.6 is 0 Å². The van der Waals surface area contributed by atoms with Crippen molar-refractivity contribution < 1.29 is 9.85 Å². The van der Waals surface area contributed by atoms with Crippen molar-refractivity contribution in [1.29, 1.82) is 0 Å². The Hall–Kier alpha value is -2.76. The molecule has 0 radical (unpaired) electrons. The SMILES string of the molecule is Cc1cccc([N+](=O)[O-])c1-c1ccccc1[N+](=O)[O-]. The molecule has 2 rings (SSSR count). The summed E-state index contributed by atoms with van der Waals surface area (Å²) in [4.78, 5) is 21.0. The minimum Gasteiger partial charge on any atom is -0.258 e. The van der Waals surface area contributed by atoms with Gasteiger partial charge in [0, 0.05) is 12.1 Å². The molecule has 0 saturated carbocycles. The van der Waals surface area contributed by atoms with Crippen LogP contribution in [0.5, 0.6) is 0 Å². The highest BCUT2D eigenvalue weighted by Gasteiger charge is 2.23. The van der Waals surface area contributed by atoms with Gasteiger partial charge in [-0.15, -0.1) is 0 Å². The zero-order valence-corrected chi connectivity index (χ0v) is 10.1. The number of hydrogen-bond donors (Lipinski definition) is 0. The van der Waals surface area contributed by atoms with Gasteiger partial charge in [-0.3, -0.25) is 20.2 Å². The molecule has 0 spiro atoms. The van der Waals surface area contributed by atoms with Crippen molar-refractivity contribution in [1.82, 2.24) is 0 Å². The maximum atomic E-state index is 11.1. The molecule has 6 heteroatoms. The first-order chi connectivity index (χ1) is 9.02. The average Bonchev–Trinajstić information content (AvgIpc) is 2.38. The van der Waals surface area contributed by atoms with Crippen LogP contribution in [0.4, 0.5) is 11.4 Å². The molecule has 0 unspecified atom stereocenters. The predicted octanol–water partition coefficient (Wildman–Crippen LogP) is 3.48. The summed E-state index contributed by atoms with van der Waals surface area (Å²) in [6.07, 6.45) is 0. The maximum absolute atomic E-state index is 11.1. The molecule has 2 aromatic carbocycles. The quantitative estimate of drug-likeness (QED) is 0.622. The van der Waals surface area contributed by atoms with E-state index in [0.717, 1.165) is 0 Å². The molecule has 0 heterocycles. The molecule has 0 aliphatic rings. The second-order valence-corrected chi connectivity index (χ2v) is 4.00. The third kappa shape index (κ3) is 2.28. The highest BCUT2D eigenvalue weighted by molar-refractivity contribution is 5.82. The van der Waals surface area contributed by atoms with Gasteiger partial charge in [-0.25, -0.2) is 0 Å². The molecule has 0 N–H and O–H groups in total. The van der Waals surface area contributed by atoms with Crippen LogP contribution in [-0.4, -0.2) is 9.85 Å². The molecule has 0 amide bonds. The Morgan fingerprint density at radius 3 is 2.05 bits per heavy atom. The Kier molecular flexibility index (Phi) is 3.24. The average molecular weight is 258 g/mol. The lowest BCUT2D eigenvalue weighted by molar-refractivity contribution is -0.386. The zero-order chi connectivity index (χ0) is 14.0. The van der Waals surface area contributed by atoms with Gasteiger partial charge in [0.2, 0.25) is 0 Å². The lowest BCUT2D eigenvalue weighted by Crippen LogP contribution is -1.97. The van der Waals surface area contributed by atoms with E-state index in [1.165, 1.54) is 24.3 Å². The van der Waals surface area contributed by atoms with Gasteiger partial charge >= 0.3 is 0 Å². The van der Waals surface area contributed by atoms with E-state index in [9.17, 15) is 20.2 Å². The van der Waals surface area contributed by atoms with Gasteiger partial charge in [-0.2, -0.15) is 0 Å². The summed E-state index contributed by atoms with van der Waals surface area (Å²) in [7, 11) is 0. The second-order valence-electron chi connectivity index (χ2n) is 4.00. The van der Waals surface area contributed by atoms with E-state index in [1.807, 2.05) is 0 Å². The molecule has 0 saturated heterocycles. The number of nitro benzene ring substituents is 2. The lowest BCUT2D eigenvalue weighted by atomic mass is 9.97. The van der Waals surface area contributed by atoms with E-state index < -0.39 is 9.85 Å². The minimum absolute atomic E-state index is 0.130. The van der Waals surface area contributed by atoms with Gasteiger partial charge in [0.15, 0.2) is 0 Å². The van der Waals surface area contributed by atoms with Gasteiger partial charge in [-0.1, -0.05) is 24.3 Å². The Bertz CT molecular complexity index is 667. The van der Waals surface area contributed by atoms with Gasteiger partial charge in [-0.05, 0) is 18.6 Å². The molecule has 0 aromatic heterocycles. The van der Waals surface area contributed by atoms with Crippen LogP contribution in [0.25, 0.3) is 11.1 Å². The number of aryl methyl sites for hydroxylation is 1. The number of rotatable bonds is 3. The Labute approximate surface area is 108 Å². The standard InChI is InChI=1S/C13H10N2O4/c1-9-5-4-8-12(15(18)19)13(9)10-6-2-3-7-11(10)14(16)17/h2-8H,1H3. The summed E-state index contributed by atoms with van der Waals surface area (Å²) in [6, 6.07) is 10.6. The highest BCUT2D eigenvalue weighted by Crippen LogP contribution is 2.37. The van der Waals surface area contributed by atoms with Crippen LogP contribution in [0.3, 0.4) is 0 Å². The minimum atomic E-state index is -0.536. The third-order valence-electron chi connectivity index (χ3n) is 2.82. The highest BCUT2D eigenvalue weighted by atomic mass is 16.6. The van der Waals surface area contributed by atoms with E-state index in [0.29, 0.717) is 11.1 Å². The number of nitro groups is 2. The van der Waals surface area contributed by atoms with Gasteiger partial charge in [0.05, 0.1) is 21.0 Å². The van der Waals surface area contributed by atoms with Crippen molar-refractivity contribution in [3.63, 3.8) is 0 Å². The fourth-order valence-electron chi connectivity index (χ4n) is 2.00. The fraction of sp³-hybridized carbons (Fsp3) is 0.0769. The predicted molar refractivity (Wildman–Crippen MR) is 69.9 cm³/mol. The molecule has 6 nitrogen and oxygen atoms in total. The number of nitrogens with zero attached hydrogens (tertiary/aromatic N) is 2. The van der Waals surface area contributed by atoms with E-state index in [2.05, 4.69) is 0 Å². The van der Waals surface area contributed by atoms with Gasteiger partial charge in [0.1, 0.15) is 0 Å². The zero-order valence-electron chi connectivity index (χ0n) is 10.1. The van der Waals surface area contributed by atoms with Crippen molar-refractivity contribution in [3.8, 4) is 11.1 Å². The van der Waals surface area contributed by atoms with Crippen molar-refractivity contribution >= 4 is 11.4 Å². The second kappa shape index (κ2) is 4.85. The van der Waals surface area contributed by atoms with E-state index in [-0.39, 0.29) is 16.9 Å². The van der Waals surface area contributed by atoms with E-state index >= 15 is 0 Å². The number of hydrogen-bond acceptors (Lipinski definition) is 4. The van der Waals surface area contributed by atoms with Crippen molar-refractivity contribution in [2.45, 2.75) is 6.92 Å². The first kappa shape index (κ1) is 12.7. The van der Waals surface area contributed by atoms with E-state index in [4.69, 9.17) is 0 Å². The molecule has 0 aliphatic carbocycles.